The Labute approximate surface area is 130 Å². The van der Waals surface area contributed by atoms with E-state index in [1.807, 2.05) is 6.08 Å². The fourth-order valence-electron chi connectivity index (χ4n) is 2.92. The van der Waals surface area contributed by atoms with Crippen molar-refractivity contribution in [1.82, 2.24) is 10.6 Å². The van der Waals surface area contributed by atoms with Crippen molar-refractivity contribution in [2.24, 2.45) is 5.92 Å². The molecular weight excluding hydrogens is 282 g/mol. The van der Waals surface area contributed by atoms with E-state index < -0.39 is 17.7 Å². The minimum atomic E-state index is -0.592. The second-order valence-electron chi connectivity index (χ2n) is 6.93. The molecule has 6 nitrogen and oxygen atoms in total. The van der Waals surface area contributed by atoms with E-state index in [1.165, 1.54) is 0 Å². The molecule has 2 aliphatic rings. The third-order valence-corrected chi connectivity index (χ3v) is 3.97. The van der Waals surface area contributed by atoms with E-state index in [2.05, 4.69) is 16.7 Å². The summed E-state index contributed by atoms with van der Waals surface area (Å²) >= 11 is 0. The lowest BCUT2D eigenvalue weighted by molar-refractivity contribution is -0.123. The molecule has 0 bridgehead atoms. The highest BCUT2D eigenvalue weighted by atomic mass is 16.6. The van der Waals surface area contributed by atoms with Crippen LogP contribution in [-0.4, -0.2) is 29.7 Å². The Morgan fingerprint density at radius 2 is 2.18 bits per heavy atom. The van der Waals surface area contributed by atoms with E-state index in [-0.39, 0.29) is 17.9 Å². The molecule has 22 heavy (non-hydrogen) atoms. The number of nitrogens with one attached hydrogen (secondary N) is 2. The summed E-state index contributed by atoms with van der Waals surface area (Å²) in [6.45, 7) is 5.34. The molecule has 2 N–H and O–H groups in total. The number of allylic oxidation sites excluding steroid dienone is 1. The maximum absolute atomic E-state index is 12.3. The standard InChI is InChI=1S/C16H23N3O3/c1-16(2,3)22-15(21)19-13-7-5-11-8-10(9-17)4-6-12(11)18-14(13)20/h4,11-13H,5-8H2,1-3H3,(H,18,20)(H,19,21)/t11?,12?,13-/m0/s1. The Kier molecular flexibility index (Phi) is 4.74. The number of hydrogen-bond donors (Lipinski definition) is 2. The molecule has 0 aromatic rings. The van der Waals surface area contributed by atoms with E-state index in [0.29, 0.717) is 19.3 Å². The molecular formula is C16H23N3O3. The van der Waals surface area contributed by atoms with Crippen molar-refractivity contribution in [3.8, 4) is 6.07 Å². The summed E-state index contributed by atoms with van der Waals surface area (Å²) in [4.78, 5) is 24.1. The molecule has 0 aromatic heterocycles. The zero-order valence-electron chi connectivity index (χ0n) is 13.3. The zero-order valence-corrected chi connectivity index (χ0v) is 13.3. The molecule has 1 fully saturated rings. The SMILES string of the molecule is CC(C)(C)OC(=O)N[C@H]1CCC2CC(C#N)=CCC2NC1=O. The second kappa shape index (κ2) is 6.39. The molecule has 0 aromatic carbocycles. The monoisotopic (exact) mass is 305 g/mol. The Hall–Kier alpha value is -2.03. The fraction of sp³-hybridized carbons (Fsp3) is 0.688. The van der Waals surface area contributed by atoms with Crippen LogP contribution in [-0.2, 0) is 9.53 Å². The van der Waals surface area contributed by atoms with Crippen LogP contribution in [0.3, 0.4) is 0 Å². The minimum absolute atomic E-state index is 0.0510. The number of ether oxygens (including phenoxy) is 1. The van der Waals surface area contributed by atoms with Gasteiger partial charge in [0.05, 0.1) is 6.07 Å². The number of hydrogen-bond acceptors (Lipinski definition) is 4. The van der Waals surface area contributed by atoms with Crippen LogP contribution in [0.25, 0.3) is 0 Å². The van der Waals surface area contributed by atoms with E-state index in [4.69, 9.17) is 10.00 Å². The molecule has 2 rings (SSSR count). The minimum Gasteiger partial charge on any atom is -0.444 e. The Morgan fingerprint density at radius 3 is 2.82 bits per heavy atom. The quantitative estimate of drug-likeness (QED) is 0.775. The first-order chi connectivity index (χ1) is 10.3. The van der Waals surface area contributed by atoms with Crippen LogP contribution in [0.1, 0.15) is 46.5 Å². The lowest BCUT2D eigenvalue weighted by Gasteiger charge is -2.28. The van der Waals surface area contributed by atoms with Gasteiger partial charge in [0.15, 0.2) is 0 Å². The third kappa shape index (κ3) is 4.23. The molecule has 2 unspecified atom stereocenters. The zero-order chi connectivity index (χ0) is 16.3. The van der Waals surface area contributed by atoms with Crippen molar-refractivity contribution < 1.29 is 14.3 Å². The molecule has 3 atom stereocenters. The highest BCUT2D eigenvalue weighted by molar-refractivity contribution is 5.86. The second-order valence-corrected chi connectivity index (χ2v) is 6.93. The predicted octanol–water partition coefficient (Wildman–Crippen LogP) is 2.02. The van der Waals surface area contributed by atoms with Crippen LogP contribution in [0.5, 0.6) is 0 Å². The van der Waals surface area contributed by atoms with Gasteiger partial charge < -0.3 is 15.4 Å². The first kappa shape index (κ1) is 16.3. The molecule has 0 radical (unpaired) electrons. The third-order valence-electron chi connectivity index (χ3n) is 3.97. The Bertz CT molecular complexity index is 528. The lowest BCUT2D eigenvalue weighted by Crippen LogP contribution is -2.49. The van der Waals surface area contributed by atoms with E-state index in [0.717, 1.165) is 12.0 Å². The molecule has 0 saturated carbocycles. The van der Waals surface area contributed by atoms with Crippen LogP contribution in [0.15, 0.2) is 11.6 Å². The summed E-state index contributed by atoms with van der Waals surface area (Å²) in [6, 6.07) is 1.67. The van der Waals surface area contributed by atoms with Crippen molar-refractivity contribution in [3.63, 3.8) is 0 Å². The van der Waals surface area contributed by atoms with Crippen LogP contribution >= 0.6 is 0 Å². The smallest absolute Gasteiger partial charge is 0.408 e. The predicted molar refractivity (Wildman–Crippen MR) is 80.7 cm³/mol. The first-order valence-electron chi connectivity index (χ1n) is 7.67. The van der Waals surface area contributed by atoms with Gasteiger partial charge >= 0.3 is 6.09 Å². The van der Waals surface area contributed by atoms with Crippen molar-refractivity contribution in [1.29, 1.82) is 5.26 Å². The van der Waals surface area contributed by atoms with Gasteiger partial charge in [0.1, 0.15) is 11.6 Å². The maximum Gasteiger partial charge on any atom is 0.408 e. The summed E-state index contributed by atoms with van der Waals surface area (Å²) < 4.78 is 5.20. The van der Waals surface area contributed by atoms with Crippen LogP contribution in [0.2, 0.25) is 0 Å². The van der Waals surface area contributed by atoms with Gasteiger partial charge in [-0.05, 0) is 52.4 Å². The topological polar surface area (TPSA) is 91.2 Å². The molecule has 2 amide bonds. The highest BCUT2D eigenvalue weighted by Crippen LogP contribution is 2.30. The van der Waals surface area contributed by atoms with Gasteiger partial charge in [0.25, 0.3) is 0 Å². The summed E-state index contributed by atoms with van der Waals surface area (Å²) in [5.74, 6) is 0.0844. The average molecular weight is 305 g/mol. The molecule has 1 aliphatic carbocycles. The van der Waals surface area contributed by atoms with Gasteiger partial charge in [-0.1, -0.05) is 6.08 Å². The Balaban J connectivity index is 1.96. The molecule has 1 aliphatic heterocycles. The molecule has 120 valence electrons. The number of carbonyl (C=O) groups excluding carboxylic acids is 2. The molecule has 0 spiro atoms. The first-order valence-corrected chi connectivity index (χ1v) is 7.67. The van der Waals surface area contributed by atoms with Gasteiger partial charge in [0, 0.05) is 11.6 Å². The van der Waals surface area contributed by atoms with Gasteiger partial charge in [-0.2, -0.15) is 5.26 Å². The lowest BCUT2D eigenvalue weighted by atomic mass is 9.82. The number of fused-ring (bicyclic) bond motifs is 1. The Morgan fingerprint density at radius 1 is 1.45 bits per heavy atom. The summed E-state index contributed by atoms with van der Waals surface area (Å²) in [5, 5.41) is 14.6. The molecule has 6 heteroatoms. The molecule has 1 heterocycles. The summed E-state index contributed by atoms with van der Waals surface area (Å²) in [6.07, 6.45) is 4.05. The van der Waals surface area contributed by atoms with E-state index in [1.54, 1.807) is 20.8 Å². The number of alkyl carbamates (subject to hydrolysis) is 1. The fourth-order valence-corrected chi connectivity index (χ4v) is 2.92. The van der Waals surface area contributed by atoms with E-state index in [9.17, 15) is 9.59 Å². The van der Waals surface area contributed by atoms with Gasteiger partial charge in [0.2, 0.25) is 5.91 Å². The van der Waals surface area contributed by atoms with Crippen molar-refractivity contribution in [2.75, 3.05) is 0 Å². The van der Waals surface area contributed by atoms with Crippen LogP contribution in [0, 0.1) is 17.2 Å². The number of carbonyl (C=O) groups is 2. The largest absolute Gasteiger partial charge is 0.444 e. The van der Waals surface area contributed by atoms with Crippen molar-refractivity contribution in [2.45, 2.75) is 64.1 Å². The van der Waals surface area contributed by atoms with Gasteiger partial charge in [-0.15, -0.1) is 0 Å². The van der Waals surface area contributed by atoms with Crippen LogP contribution < -0.4 is 10.6 Å². The summed E-state index contributed by atoms with van der Waals surface area (Å²) in [7, 11) is 0. The van der Waals surface area contributed by atoms with Gasteiger partial charge in [-0.3, -0.25) is 4.79 Å². The number of nitrogens with zero attached hydrogens (tertiary/aromatic N) is 1. The number of nitriles is 1. The average Bonchev–Trinajstić information content (AvgIpc) is 2.56. The van der Waals surface area contributed by atoms with Crippen LogP contribution in [0.4, 0.5) is 4.79 Å². The number of rotatable bonds is 1. The van der Waals surface area contributed by atoms with Crippen molar-refractivity contribution in [3.05, 3.63) is 11.6 Å². The molecule has 1 saturated heterocycles. The van der Waals surface area contributed by atoms with Crippen molar-refractivity contribution >= 4 is 12.0 Å². The summed E-state index contributed by atoms with van der Waals surface area (Å²) in [5.41, 5.74) is 0.194. The van der Waals surface area contributed by atoms with E-state index >= 15 is 0 Å². The number of amides is 2. The normalized spacial score (nSPS) is 28.4. The van der Waals surface area contributed by atoms with Gasteiger partial charge in [-0.25, -0.2) is 4.79 Å². The highest BCUT2D eigenvalue weighted by Gasteiger charge is 2.35. The maximum atomic E-state index is 12.3.